The molecular formula is C24H38O3. The van der Waals surface area contributed by atoms with E-state index >= 15 is 0 Å². The van der Waals surface area contributed by atoms with Gasteiger partial charge in [0.05, 0.1) is 11.7 Å². The van der Waals surface area contributed by atoms with Gasteiger partial charge in [0.25, 0.3) is 0 Å². The van der Waals surface area contributed by atoms with E-state index in [4.69, 9.17) is 9.47 Å². The van der Waals surface area contributed by atoms with Crippen molar-refractivity contribution in [3.8, 4) is 0 Å². The predicted octanol–water partition coefficient (Wildman–Crippen LogP) is 6.51. The van der Waals surface area contributed by atoms with E-state index in [-0.39, 0.29) is 18.2 Å². The molecule has 1 saturated carbocycles. The second-order valence-electron chi connectivity index (χ2n) is 8.11. The molecule has 0 N–H and O–H groups in total. The van der Waals surface area contributed by atoms with E-state index in [2.05, 4.69) is 19.1 Å². The van der Waals surface area contributed by atoms with Crippen molar-refractivity contribution in [1.82, 2.24) is 0 Å². The second-order valence-corrected chi connectivity index (χ2v) is 8.11. The zero-order chi connectivity index (χ0) is 19.6. The van der Waals surface area contributed by atoms with E-state index in [9.17, 15) is 4.79 Å². The third kappa shape index (κ3) is 6.95. The Morgan fingerprint density at radius 2 is 1.67 bits per heavy atom. The Kier molecular flexibility index (Phi) is 9.33. The Morgan fingerprint density at radius 3 is 2.26 bits per heavy atom. The average molecular weight is 375 g/mol. The highest BCUT2D eigenvalue weighted by Gasteiger charge is 2.23. The zero-order valence-corrected chi connectivity index (χ0v) is 17.7. The average Bonchev–Trinajstić information content (AvgIpc) is 2.69. The Hall–Kier alpha value is -1.35. The number of rotatable bonds is 10. The van der Waals surface area contributed by atoms with Crippen LogP contribution in [-0.4, -0.2) is 24.8 Å². The van der Waals surface area contributed by atoms with Gasteiger partial charge in [-0.25, -0.2) is 4.79 Å². The topological polar surface area (TPSA) is 35.5 Å². The van der Waals surface area contributed by atoms with Crippen LogP contribution in [0, 0.1) is 5.92 Å². The van der Waals surface area contributed by atoms with Gasteiger partial charge in [0.2, 0.25) is 0 Å². The van der Waals surface area contributed by atoms with Crippen LogP contribution in [0.25, 0.3) is 0 Å². The minimum absolute atomic E-state index is 0.0919. The molecular weight excluding hydrogens is 336 g/mol. The number of hydrogen-bond donors (Lipinski definition) is 0. The lowest BCUT2D eigenvalue weighted by molar-refractivity contribution is -0.0342. The lowest BCUT2D eigenvalue weighted by atomic mass is 9.77. The number of carbonyl (C=O) groups excluding carboxylic acids is 1. The molecule has 152 valence electrons. The maximum absolute atomic E-state index is 12.3. The summed E-state index contributed by atoms with van der Waals surface area (Å²) in [5, 5.41) is 0. The fourth-order valence-electron chi connectivity index (χ4n) is 4.09. The Labute approximate surface area is 165 Å². The number of unbranched alkanes of at least 4 members (excludes halogenated alkanes) is 2. The first-order valence-electron chi connectivity index (χ1n) is 11.0. The number of ether oxygens (including phenoxy) is 2. The summed E-state index contributed by atoms with van der Waals surface area (Å²) >= 11 is 0. The molecule has 2 rings (SSSR count). The Bertz CT molecular complexity index is 543. The minimum atomic E-state index is -0.264. The maximum Gasteiger partial charge on any atom is 0.338 e. The summed E-state index contributed by atoms with van der Waals surface area (Å²) in [7, 11) is 0. The number of carbonyl (C=O) groups is 1. The quantitative estimate of drug-likeness (QED) is 0.346. The molecule has 1 fully saturated rings. The van der Waals surface area contributed by atoms with Crippen LogP contribution in [0.3, 0.4) is 0 Å². The van der Waals surface area contributed by atoms with Gasteiger partial charge in [0.1, 0.15) is 6.10 Å². The van der Waals surface area contributed by atoms with E-state index in [0.717, 1.165) is 5.92 Å². The molecule has 1 aromatic rings. The Morgan fingerprint density at radius 1 is 1.00 bits per heavy atom. The maximum atomic E-state index is 12.3. The molecule has 0 heterocycles. The molecule has 0 saturated heterocycles. The number of hydrogen-bond acceptors (Lipinski definition) is 3. The second kappa shape index (κ2) is 11.5. The van der Waals surface area contributed by atoms with Gasteiger partial charge in [0, 0.05) is 6.61 Å². The van der Waals surface area contributed by atoms with Crippen LogP contribution in [0.2, 0.25) is 0 Å². The fraction of sp³-hybridized carbons (Fsp3) is 0.708. The van der Waals surface area contributed by atoms with Crippen LogP contribution in [0.5, 0.6) is 0 Å². The summed E-state index contributed by atoms with van der Waals surface area (Å²) in [6.07, 6.45) is 10.4. The van der Waals surface area contributed by atoms with Crippen LogP contribution in [0.15, 0.2) is 24.3 Å². The lowest BCUT2D eigenvalue weighted by Crippen LogP contribution is -2.28. The molecule has 1 aromatic carbocycles. The highest BCUT2D eigenvalue weighted by atomic mass is 16.6. The fourth-order valence-corrected chi connectivity index (χ4v) is 4.09. The summed E-state index contributed by atoms with van der Waals surface area (Å²) in [6, 6.07) is 8.08. The molecule has 3 heteroatoms. The van der Waals surface area contributed by atoms with Crippen LogP contribution in [0.4, 0.5) is 0 Å². The number of benzene rings is 1. The van der Waals surface area contributed by atoms with E-state index in [1.54, 1.807) is 0 Å². The van der Waals surface area contributed by atoms with Crippen molar-refractivity contribution >= 4 is 5.97 Å². The van der Waals surface area contributed by atoms with Crippen molar-refractivity contribution in [2.24, 2.45) is 5.92 Å². The summed E-state index contributed by atoms with van der Waals surface area (Å²) in [5.41, 5.74) is 2.00. The van der Waals surface area contributed by atoms with Crippen molar-refractivity contribution < 1.29 is 14.3 Å². The van der Waals surface area contributed by atoms with Gasteiger partial charge < -0.3 is 9.47 Å². The summed E-state index contributed by atoms with van der Waals surface area (Å²) < 4.78 is 11.0. The van der Waals surface area contributed by atoms with Gasteiger partial charge in [-0.05, 0) is 76.0 Å². The molecule has 0 spiro atoms. The molecule has 2 unspecified atom stereocenters. The van der Waals surface area contributed by atoms with Crippen molar-refractivity contribution in [3.63, 3.8) is 0 Å². The van der Waals surface area contributed by atoms with Crippen LogP contribution in [-0.2, 0) is 9.47 Å². The monoisotopic (exact) mass is 374 g/mol. The van der Waals surface area contributed by atoms with Crippen molar-refractivity contribution in [3.05, 3.63) is 35.4 Å². The van der Waals surface area contributed by atoms with E-state index < -0.39 is 0 Å². The first kappa shape index (κ1) is 21.9. The van der Waals surface area contributed by atoms with Crippen LogP contribution in [0.1, 0.15) is 101 Å². The third-order valence-corrected chi connectivity index (χ3v) is 6.06. The number of esters is 1. The summed E-state index contributed by atoms with van der Waals surface area (Å²) in [5.74, 6) is 1.31. The van der Waals surface area contributed by atoms with E-state index in [0.29, 0.717) is 18.1 Å². The van der Waals surface area contributed by atoms with Crippen LogP contribution < -0.4 is 0 Å². The third-order valence-electron chi connectivity index (χ3n) is 6.06. The molecule has 0 bridgehead atoms. The molecule has 27 heavy (non-hydrogen) atoms. The molecule has 0 aromatic heterocycles. The van der Waals surface area contributed by atoms with Crippen molar-refractivity contribution in [2.45, 2.75) is 97.2 Å². The minimum Gasteiger partial charge on any atom is -0.456 e. The largest absolute Gasteiger partial charge is 0.456 e. The van der Waals surface area contributed by atoms with Crippen LogP contribution >= 0.6 is 0 Å². The van der Waals surface area contributed by atoms with Gasteiger partial charge in [-0.2, -0.15) is 0 Å². The van der Waals surface area contributed by atoms with E-state index in [1.807, 2.05) is 32.9 Å². The van der Waals surface area contributed by atoms with Gasteiger partial charge in [-0.15, -0.1) is 0 Å². The van der Waals surface area contributed by atoms with Gasteiger partial charge in [-0.1, -0.05) is 44.7 Å². The zero-order valence-electron chi connectivity index (χ0n) is 17.7. The Balaban J connectivity index is 1.82. The molecule has 1 aliphatic carbocycles. The van der Waals surface area contributed by atoms with Gasteiger partial charge in [0.15, 0.2) is 0 Å². The summed E-state index contributed by atoms with van der Waals surface area (Å²) in [4.78, 5) is 12.3. The summed E-state index contributed by atoms with van der Waals surface area (Å²) in [6.45, 7) is 8.66. The normalized spacial score (nSPS) is 22.2. The van der Waals surface area contributed by atoms with Crippen molar-refractivity contribution in [1.29, 1.82) is 0 Å². The van der Waals surface area contributed by atoms with Gasteiger partial charge >= 0.3 is 5.97 Å². The van der Waals surface area contributed by atoms with E-state index in [1.165, 1.54) is 56.9 Å². The molecule has 0 amide bonds. The first-order chi connectivity index (χ1) is 13.0. The molecule has 1 aliphatic rings. The highest BCUT2D eigenvalue weighted by Crippen LogP contribution is 2.37. The van der Waals surface area contributed by atoms with Crippen molar-refractivity contribution in [2.75, 3.05) is 6.61 Å². The molecule has 2 atom stereocenters. The molecule has 0 aliphatic heterocycles. The van der Waals surface area contributed by atoms with Gasteiger partial charge in [-0.3, -0.25) is 0 Å². The molecule has 3 nitrogen and oxygen atoms in total. The predicted molar refractivity (Wildman–Crippen MR) is 111 cm³/mol. The highest BCUT2D eigenvalue weighted by molar-refractivity contribution is 5.89. The lowest BCUT2D eigenvalue weighted by Gasteiger charge is -2.29. The smallest absolute Gasteiger partial charge is 0.338 e. The SMILES string of the molecule is CCCCCC1CCC(c2ccc(C(=O)OC(C)C(C)OCC)cc2)CC1. The standard InChI is InChI=1S/C24H38O3/c1-5-7-8-9-20-10-12-21(13-11-20)22-14-16-23(17-15-22)24(25)27-19(4)18(3)26-6-2/h14-21H,5-13H2,1-4H3. The first-order valence-corrected chi connectivity index (χ1v) is 11.0. The molecule has 0 radical (unpaired) electrons.